The zero-order valence-corrected chi connectivity index (χ0v) is 10.2. The topological polar surface area (TPSA) is 18.5 Å². The molecule has 0 bridgehead atoms. The molecule has 1 aromatic rings. The molecule has 1 rings (SSSR count). The van der Waals surface area contributed by atoms with Gasteiger partial charge in [0.25, 0.3) is 0 Å². The van der Waals surface area contributed by atoms with Gasteiger partial charge in [-0.05, 0) is 43.5 Å². The van der Waals surface area contributed by atoms with Crippen LogP contribution in [0.15, 0.2) is 6.07 Å². The highest BCUT2D eigenvalue weighted by Gasteiger charge is 2.35. The quantitative estimate of drug-likeness (QED) is 0.750. The van der Waals surface area contributed by atoms with Crippen LogP contribution in [0.5, 0.6) is 11.5 Å². The SMILES string of the molecule is Cc1cc(OC(F)(F)F)c(C)c(C)c1OC(F)(F)F. The van der Waals surface area contributed by atoms with Crippen molar-refractivity contribution < 1.29 is 35.8 Å². The number of alkyl halides is 6. The average molecular weight is 288 g/mol. The van der Waals surface area contributed by atoms with E-state index in [9.17, 15) is 26.3 Å². The zero-order valence-electron chi connectivity index (χ0n) is 10.2. The third-order valence-corrected chi connectivity index (χ3v) is 2.42. The number of aryl methyl sites for hydroxylation is 1. The Kier molecular flexibility index (Phi) is 3.92. The molecule has 2 nitrogen and oxygen atoms in total. The van der Waals surface area contributed by atoms with Crippen LogP contribution >= 0.6 is 0 Å². The Hall–Kier alpha value is -1.60. The number of halogens is 6. The Morgan fingerprint density at radius 1 is 0.789 bits per heavy atom. The van der Waals surface area contributed by atoms with Gasteiger partial charge in [0.15, 0.2) is 0 Å². The Labute approximate surface area is 104 Å². The molecule has 0 aliphatic rings. The number of hydrogen-bond donors (Lipinski definition) is 0. The summed E-state index contributed by atoms with van der Waals surface area (Å²) in [6.45, 7) is 3.66. The van der Waals surface area contributed by atoms with Gasteiger partial charge in [-0.2, -0.15) is 0 Å². The van der Waals surface area contributed by atoms with Crippen LogP contribution in [0.2, 0.25) is 0 Å². The van der Waals surface area contributed by atoms with Gasteiger partial charge in [-0.3, -0.25) is 0 Å². The molecular formula is C11H10F6O2. The molecule has 0 atom stereocenters. The summed E-state index contributed by atoms with van der Waals surface area (Å²) in [6.07, 6.45) is -9.82. The molecule has 19 heavy (non-hydrogen) atoms. The summed E-state index contributed by atoms with van der Waals surface area (Å²) in [6, 6.07) is 0.858. The maximum absolute atomic E-state index is 12.2. The monoisotopic (exact) mass is 288 g/mol. The molecule has 1 aromatic carbocycles. The minimum absolute atomic E-state index is 0.0587. The van der Waals surface area contributed by atoms with Crippen LogP contribution in [-0.2, 0) is 0 Å². The summed E-state index contributed by atoms with van der Waals surface area (Å²) in [5.74, 6) is -1.06. The van der Waals surface area contributed by atoms with Gasteiger partial charge < -0.3 is 9.47 Å². The van der Waals surface area contributed by atoms with Crippen LogP contribution in [0.3, 0.4) is 0 Å². The first-order chi connectivity index (χ1) is 8.41. The van der Waals surface area contributed by atoms with Gasteiger partial charge in [-0.25, -0.2) is 0 Å². The van der Waals surface area contributed by atoms with Crippen molar-refractivity contribution in [2.24, 2.45) is 0 Å². The fourth-order valence-corrected chi connectivity index (χ4v) is 1.52. The summed E-state index contributed by atoms with van der Waals surface area (Å²) >= 11 is 0. The predicted octanol–water partition coefficient (Wildman–Crippen LogP) is 4.41. The first-order valence-corrected chi connectivity index (χ1v) is 5.03. The van der Waals surface area contributed by atoms with Crippen molar-refractivity contribution in [2.45, 2.75) is 33.5 Å². The number of hydrogen-bond acceptors (Lipinski definition) is 2. The average Bonchev–Trinajstić information content (AvgIpc) is 2.17. The number of benzene rings is 1. The summed E-state index contributed by atoms with van der Waals surface area (Å²) in [5, 5.41) is 0. The lowest BCUT2D eigenvalue weighted by molar-refractivity contribution is -0.277. The maximum Gasteiger partial charge on any atom is 0.573 e. The molecule has 0 N–H and O–H groups in total. The van der Waals surface area contributed by atoms with Crippen LogP contribution in [0.1, 0.15) is 16.7 Å². The molecule has 108 valence electrons. The molecule has 0 fully saturated rings. The molecule has 0 spiro atoms. The van der Waals surface area contributed by atoms with Gasteiger partial charge in [0, 0.05) is 0 Å². The fourth-order valence-electron chi connectivity index (χ4n) is 1.52. The molecule has 0 aliphatic carbocycles. The van der Waals surface area contributed by atoms with Crippen molar-refractivity contribution in [1.82, 2.24) is 0 Å². The lowest BCUT2D eigenvalue weighted by atomic mass is 10.0. The predicted molar refractivity (Wildman–Crippen MR) is 54.0 cm³/mol. The molecule has 0 saturated carbocycles. The van der Waals surface area contributed by atoms with Crippen LogP contribution in [0.4, 0.5) is 26.3 Å². The van der Waals surface area contributed by atoms with E-state index in [0.29, 0.717) is 0 Å². The summed E-state index contributed by atoms with van der Waals surface area (Å²) in [4.78, 5) is 0. The van der Waals surface area contributed by atoms with Crippen molar-refractivity contribution in [3.05, 3.63) is 22.8 Å². The molecule has 0 unspecified atom stereocenters. The summed E-state index contributed by atoms with van der Waals surface area (Å²) in [7, 11) is 0. The van der Waals surface area contributed by atoms with Crippen LogP contribution in [0, 0.1) is 20.8 Å². The minimum Gasteiger partial charge on any atom is -0.405 e. The number of rotatable bonds is 2. The Morgan fingerprint density at radius 3 is 1.68 bits per heavy atom. The number of ether oxygens (including phenoxy) is 2. The van der Waals surface area contributed by atoms with E-state index in [0.717, 1.165) is 6.07 Å². The first-order valence-electron chi connectivity index (χ1n) is 5.03. The molecular weight excluding hydrogens is 278 g/mol. The Morgan fingerprint density at radius 2 is 1.26 bits per heavy atom. The second-order valence-corrected chi connectivity index (χ2v) is 3.87. The maximum atomic E-state index is 12.2. The van der Waals surface area contributed by atoms with Gasteiger partial charge >= 0.3 is 12.7 Å². The van der Waals surface area contributed by atoms with Crippen molar-refractivity contribution in [3.8, 4) is 11.5 Å². The van der Waals surface area contributed by atoms with Gasteiger partial charge in [0.05, 0.1) is 0 Å². The van der Waals surface area contributed by atoms with Crippen molar-refractivity contribution >= 4 is 0 Å². The van der Waals surface area contributed by atoms with E-state index >= 15 is 0 Å². The molecule has 0 amide bonds. The normalized spacial score (nSPS) is 12.5. The standard InChI is InChI=1S/C11H10F6O2/c1-5-4-8(18-10(12,13)14)6(2)7(3)9(5)19-11(15,16)17/h4H,1-3H3. The molecule has 0 saturated heterocycles. The van der Waals surface area contributed by atoms with E-state index in [1.807, 2.05) is 0 Å². The molecule has 0 radical (unpaired) electrons. The molecule has 0 aliphatic heterocycles. The van der Waals surface area contributed by atoms with Gasteiger partial charge in [0.1, 0.15) is 11.5 Å². The molecule has 0 aromatic heterocycles. The van der Waals surface area contributed by atoms with E-state index < -0.39 is 24.2 Å². The second kappa shape index (κ2) is 4.82. The fraction of sp³-hybridized carbons (Fsp3) is 0.455. The molecule has 0 heterocycles. The lowest BCUT2D eigenvalue weighted by Gasteiger charge is -2.19. The lowest BCUT2D eigenvalue weighted by Crippen LogP contribution is -2.20. The highest BCUT2D eigenvalue weighted by atomic mass is 19.4. The highest BCUT2D eigenvalue weighted by Crippen LogP contribution is 2.37. The van der Waals surface area contributed by atoms with E-state index in [1.165, 1.54) is 20.8 Å². The van der Waals surface area contributed by atoms with Gasteiger partial charge in [-0.15, -0.1) is 26.3 Å². The summed E-state index contributed by atoms with van der Waals surface area (Å²) < 4.78 is 80.4. The minimum atomic E-state index is -4.91. The van der Waals surface area contributed by atoms with Crippen molar-refractivity contribution in [3.63, 3.8) is 0 Å². The van der Waals surface area contributed by atoms with Crippen LogP contribution < -0.4 is 9.47 Å². The van der Waals surface area contributed by atoms with E-state index in [-0.39, 0.29) is 16.7 Å². The van der Waals surface area contributed by atoms with Gasteiger partial charge in [-0.1, -0.05) is 0 Å². The van der Waals surface area contributed by atoms with Crippen molar-refractivity contribution in [1.29, 1.82) is 0 Å². The second-order valence-electron chi connectivity index (χ2n) is 3.87. The zero-order chi connectivity index (χ0) is 15.0. The van der Waals surface area contributed by atoms with E-state index in [4.69, 9.17) is 0 Å². The van der Waals surface area contributed by atoms with Crippen LogP contribution in [0.25, 0.3) is 0 Å². The summed E-state index contributed by atoms with van der Waals surface area (Å²) in [5.41, 5.74) is -0.224. The Balaban J connectivity index is 3.24. The van der Waals surface area contributed by atoms with Gasteiger partial charge in [0.2, 0.25) is 0 Å². The van der Waals surface area contributed by atoms with E-state index in [2.05, 4.69) is 9.47 Å². The third-order valence-electron chi connectivity index (χ3n) is 2.42. The Bertz CT molecular complexity index is 476. The molecule has 8 heteroatoms. The largest absolute Gasteiger partial charge is 0.573 e. The highest BCUT2D eigenvalue weighted by molar-refractivity contribution is 5.52. The first kappa shape index (κ1) is 15.5. The van der Waals surface area contributed by atoms with Crippen molar-refractivity contribution in [2.75, 3.05) is 0 Å². The van der Waals surface area contributed by atoms with Crippen LogP contribution in [-0.4, -0.2) is 12.7 Å². The smallest absolute Gasteiger partial charge is 0.405 e. The third kappa shape index (κ3) is 4.22. The van der Waals surface area contributed by atoms with E-state index in [1.54, 1.807) is 0 Å².